The first-order chi connectivity index (χ1) is 15.2. The Hall–Kier alpha value is -1.62. The van der Waals surface area contributed by atoms with E-state index >= 15 is 0 Å². The quantitative estimate of drug-likeness (QED) is 0.163. The van der Waals surface area contributed by atoms with Crippen molar-refractivity contribution in [2.24, 2.45) is 5.92 Å². The van der Waals surface area contributed by atoms with E-state index in [2.05, 4.69) is 46.5 Å². The zero-order valence-corrected chi connectivity index (χ0v) is 22.9. The van der Waals surface area contributed by atoms with Gasteiger partial charge >= 0.3 is 0 Å². The fourth-order valence-corrected chi connectivity index (χ4v) is 7.88. The molecule has 3 atom stereocenters. The summed E-state index contributed by atoms with van der Waals surface area (Å²) >= 11 is 5.60. The molecule has 1 aromatic carbocycles. The van der Waals surface area contributed by atoms with Gasteiger partial charge in [-0.2, -0.15) is 0 Å². The zero-order valence-electron chi connectivity index (χ0n) is 20.2. The maximum absolute atomic E-state index is 13.5. The number of fused-ring (bicyclic) bond motifs is 1. The predicted octanol–water partition coefficient (Wildman–Crippen LogP) is 5.53. The van der Waals surface area contributed by atoms with Gasteiger partial charge < -0.3 is 4.43 Å². The van der Waals surface area contributed by atoms with Crippen molar-refractivity contribution in [1.29, 1.82) is 0 Å². The van der Waals surface area contributed by atoms with Gasteiger partial charge in [-0.3, -0.25) is 24.6 Å². The molecule has 0 unspecified atom stereocenters. The van der Waals surface area contributed by atoms with Crippen molar-refractivity contribution in [1.82, 2.24) is 4.90 Å². The van der Waals surface area contributed by atoms with Crippen LogP contribution in [-0.2, 0) is 20.4 Å². The van der Waals surface area contributed by atoms with Gasteiger partial charge in [-0.1, -0.05) is 64.2 Å². The van der Waals surface area contributed by atoms with E-state index in [0.717, 1.165) is 10.5 Å². The molecule has 2 aliphatic rings. The number of rotatable bonds is 8. The van der Waals surface area contributed by atoms with Crippen LogP contribution in [-0.4, -0.2) is 40.1 Å². The average molecular weight is 509 g/mol. The van der Waals surface area contributed by atoms with Gasteiger partial charge in [-0.25, -0.2) is 0 Å². The molecule has 0 spiro atoms. The minimum atomic E-state index is -2.15. The van der Waals surface area contributed by atoms with Crippen LogP contribution in [0.3, 0.4) is 0 Å². The molecule has 7 nitrogen and oxygen atoms in total. The summed E-state index contributed by atoms with van der Waals surface area (Å²) in [6.07, 6.45) is 0.723. The summed E-state index contributed by atoms with van der Waals surface area (Å²) in [5.41, 5.74) is 1.23. The zero-order chi connectivity index (χ0) is 24.9. The highest BCUT2D eigenvalue weighted by Crippen LogP contribution is 2.61. The highest BCUT2D eigenvalue weighted by atomic mass is 32.2. The highest BCUT2D eigenvalue weighted by molar-refractivity contribution is 8.05. The van der Waals surface area contributed by atoms with Crippen LogP contribution in [0.5, 0.6) is 0 Å². The molecule has 1 amide bonds. The Labute approximate surface area is 206 Å². The molecule has 0 aliphatic carbocycles. The van der Waals surface area contributed by atoms with Crippen LogP contribution in [0.15, 0.2) is 34.9 Å². The molecular formula is C23H32N2O5S2Si. The summed E-state index contributed by atoms with van der Waals surface area (Å²) in [6, 6.07) is 6.38. The van der Waals surface area contributed by atoms with Crippen molar-refractivity contribution in [2.75, 3.05) is 0 Å². The van der Waals surface area contributed by atoms with Gasteiger partial charge in [0.1, 0.15) is 10.6 Å². The Bertz CT molecular complexity index is 1020. The lowest BCUT2D eigenvalue weighted by molar-refractivity contribution is -0.384. The van der Waals surface area contributed by atoms with E-state index in [1.165, 1.54) is 23.9 Å². The molecule has 10 heteroatoms. The third-order valence-corrected chi connectivity index (χ3v) is 13.5. The lowest BCUT2D eigenvalue weighted by atomic mass is 9.78. The number of hydrogen-bond donors (Lipinski definition) is 1. The van der Waals surface area contributed by atoms with Crippen molar-refractivity contribution in [3.8, 4) is 0 Å². The number of β-lactam (4-membered cyclic amide) rings is 1. The van der Waals surface area contributed by atoms with Crippen LogP contribution in [0.1, 0.15) is 46.6 Å². The lowest BCUT2D eigenvalue weighted by Crippen LogP contribution is -2.71. The first-order valence-electron chi connectivity index (χ1n) is 11.1. The summed E-state index contributed by atoms with van der Waals surface area (Å²) in [6.45, 7) is 14.7. The number of hydrogen-bond acceptors (Lipinski definition) is 6. The number of carbonyl (C=O) groups is 2. The van der Waals surface area contributed by atoms with E-state index in [9.17, 15) is 19.7 Å². The van der Waals surface area contributed by atoms with Crippen molar-refractivity contribution in [3.63, 3.8) is 0 Å². The van der Waals surface area contributed by atoms with E-state index in [4.69, 9.17) is 4.43 Å². The summed E-state index contributed by atoms with van der Waals surface area (Å²) in [4.78, 5) is 38.2. The molecule has 1 aromatic rings. The Balaban J connectivity index is 2.01. The van der Waals surface area contributed by atoms with E-state index in [1.54, 1.807) is 17.0 Å². The first kappa shape index (κ1) is 26.0. The second kappa shape index (κ2) is 8.87. The minimum Gasteiger partial charge on any atom is -0.413 e. The normalized spacial score (nSPS) is 23.9. The number of amides is 1. The fourth-order valence-electron chi connectivity index (χ4n) is 4.37. The topological polar surface area (TPSA) is 89.8 Å². The number of thioether (sulfide) groups is 1. The number of nitrogens with zero attached hydrogens (tertiary/aromatic N) is 2. The van der Waals surface area contributed by atoms with Crippen LogP contribution in [0.4, 0.5) is 5.69 Å². The molecule has 33 heavy (non-hydrogen) atoms. The average Bonchev–Trinajstić information content (AvgIpc) is 2.97. The molecule has 0 saturated carbocycles. The summed E-state index contributed by atoms with van der Waals surface area (Å²) in [5, 5.41) is 10.6. The van der Waals surface area contributed by atoms with E-state index in [-0.39, 0.29) is 22.7 Å². The maximum atomic E-state index is 13.5. The van der Waals surface area contributed by atoms with Gasteiger partial charge in [0.2, 0.25) is 11.0 Å². The number of thiol groups is 1. The minimum absolute atomic E-state index is 0.0128. The second-order valence-corrected chi connectivity index (χ2v) is 16.8. The molecular weight excluding hydrogens is 476 g/mol. The van der Waals surface area contributed by atoms with Crippen LogP contribution >= 0.6 is 24.4 Å². The third kappa shape index (κ3) is 4.42. The fraction of sp³-hybridized carbons (Fsp3) is 0.565. The molecule has 3 rings (SSSR count). The smallest absolute Gasteiger partial charge is 0.269 e. The Morgan fingerprint density at radius 2 is 1.91 bits per heavy atom. The number of non-ortho nitro benzene ring substituents is 1. The van der Waals surface area contributed by atoms with Gasteiger partial charge in [0, 0.05) is 23.5 Å². The Morgan fingerprint density at radius 1 is 1.33 bits per heavy atom. The van der Waals surface area contributed by atoms with Crippen LogP contribution in [0.2, 0.25) is 18.1 Å². The summed E-state index contributed by atoms with van der Waals surface area (Å²) in [5.74, 6) is -0.574. The predicted molar refractivity (Wildman–Crippen MR) is 137 cm³/mol. The van der Waals surface area contributed by atoms with Crippen LogP contribution in [0.25, 0.3) is 0 Å². The number of benzene rings is 1. The van der Waals surface area contributed by atoms with E-state index in [0.29, 0.717) is 18.5 Å². The largest absolute Gasteiger partial charge is 0.413 e. The van der Waals surface area contributed by atoms with Crippen LogP contribution in [0, 0.1) is 16.0 Å². The summed E-state index contributed by atoms with van der Waals surface area (Å²) in [7, 11) is -2.15. The molecule has 0 radical (unpaired) electrons. The number of carbonyl (C=O) groups excluding carboxylic acids is 2. The number of nitro groups is 1. The number of allylic oxidation sites excluding steroid dienone is 1. The van der Waals surface area contributed by atoms with Crippen molar-refractivity contribution in [2.45, 2.75) is 76.6 Å². The monoisotopic (exact) mass is 508 g/mol. The maximum Gasteiger partial charge on any atom is 0.269 e. The standard InChI is InChI=1S/C23H32N2O5S2Si/c1-8-17-19(21(27)31)24-20(26)18(14(2)30-33(6,7)22(3,4)5)23(24,32-17)13-15-9-11-16(12-10-15)25(28)29/h9-12,14,18H,8,13H2,1-7H3,(H,27,31)/t14-,18+,23-/m1/s1. The van der Waals surface area contributed by atoms with Crippen molar-refractivity contribution in [3.05, 3.63) is 50.5 Å². The molecule has 180 valence electrons. The molecule has 0 N–H and O–H groups in total. The van der Waals surface area contributed by atoms with E-state index in [1.807, 2.05) is 13.8 Å². The molecule has 2 aliphatic heterocycles. The van der Waals surface area contributed by atoms with Gasteiger partial charge in [0.05, 0.1) is 16.9 Å². The molecule has 2 heterocycles. The first-order valence-corrected chi connectivity index (χ1v) is 15.2. The molecule has 0 bridgehead atoms. The second-order valence-electron chi connectivity index (χ2n) is 10.2. The van der Waals surface area contributed by atoms with Crippen molar-refractivity contribution < 1.29 is 18.9 Å². The van der Waals surface area contributed by atoms with Gasteiger partial charge in [-0.05, 0) is 37.0 Å². The molecule has 1 saturated heterocycles. The Kier molecular flexibility index (Phi) is 6.98. The third-order valence-electron chi connectivity index (χ3n) is 7.02. The van der Waals surface area contributed by atoms with Gasteiger partial charge in [0.15, 0.2) is 8.32 Å². The SMILES string of the molecule is CCC1=C(C(=O)S)N2C(=O)[C@H]([C@@H](C)O[Si](C)(C)C(C)(C)C)[C@@]2(Cc2ccc([N+](=O)[O-])cc2)S1. The highest BCUT2D eigenvalue weighted by Gasteiger charge is 2.68. The van der Waals surface area contributed by atoms with E-state index < -0.39 is 29.1 Å². The Morgan fingerprint density at radius 3 is 2.36 bits per heavy atom. The van der Waals surface area contributed by atoms with Gasteiger partial charge in [-0.15, -0.1) is 0 Å². The molecule has 1 fully saturated rings. The summed E-state index contributed by atoms with van der Waals surface area (Å²) < 4.78 is 6.63. The molecule has 0 aromatic heterocycles. The number of nitro benzene ring substituents is 1. The van der Waals surface area contributed by atoms with Crippen LogP contribution < -0.4 is 0 Å². The lowest BCUT2D eigenvalue weighted by Gasteiger charge is -2.56. The van der Waals surface area contributed by atoms with Crippen molar-refractivity contribution >= 4 is 49.4 Å². The van der Waals surface area contributed by atoms with Gasteiger partial charge in [0.25, 0.3) is 5.69 Å².